The van der Waals surface area contributed by atoms with E-state index in [0.29, 0.717) is 24.7 Å². The van der Waals surface area contributed by atoms with Crippen molar-refractivity contribution in [2.24, 2.45) is 0 Å². The van der Waals surface area contributed by atoms with E-state index in [1.54, 1.807) is 17.9 Å². The van der Waals surface area contributed by atoms with E-state index in [9.17, 15) is 4.79 Å². The smallest absolute Gasteiger partial charge is 0.253 e. The Morgan fingerprint density at radius 2 is 2.18 bits per heavy atom. The van der Waals surface area contributed by atoms with Crippen LogP contribution < -0.4 is 11.5 Å². The Labute approximate surface area is 100 Å². The van der Waals surface area contributed by atoms with Gasteiger partial charge in [-0.15, -0.1) is 0 Å². The number of nitrogens with two attached hydrogens (primary N) is 2. The lowest BCUT2D eigenvalue weighted by molar-refractivity contribution is -0.129. The van der Waals surface area contributed by atoms with Crippen LogP contribution in [0.5, 0.6) is 0 Å². The van der Waals surface area contributed by atoms with Gasteiger partial charge in [-0.2, -0.15) is 0 Å². The maximum Gasteiger partial charge on any atom is 0.253 e. The average molecular weight is 235 g/mol. The van der Waals surface area contributed by atoms with Crippen LogP contribution in [0, 0.1) is 0 Å². The molecule has 1 unspecified atom stereocenters. The summed E-state index contributed by atoms with van der Waals surface area (Å²) >= 11 is 0. The van der Waals surface area contributed by atoms with Gasteiger partial charge in [0.2, 0.25) is 0 Å². The molecule has 2 rings (SSSR count). The van der Waals surface area contributed by atoms with Crippen molar-refractivity contribution in [3.8, 4) is 0 Å². The summed E-state index contributed by atoms with van der Waals surface area (Å²) in [6.45, 7) is 2.79. The molecule has 5 heteroatoms. The number of carbonyl (C=O) groups excluding carboxylic acids is 1. The van der Waals surface area contributed by atoms with Crippen LogP contribution in [-0.2, 0) is 16.0 Å². The molecule has 1 fully saturated rings. The number of carbonyl (C=O) groups is 1. The second kappa shape index (κ2) is 4.63. The van der Waals surface area contributed by atoms with Crippen LogP contribution in [0.25, 0.3) is 0 Å². The Morgan fingerprint density at radius 3 is 2.76 bits per heavy atom. The predicted octanol–water partition coefficient (Wildman–Crippen LogP) is 0.598. The Bertz CT molecular complexity index is 434. The Morgan fingerprint density at radius 1 is 1.41 bits per heavy atom. The summed E-state index contributed by atoms with van der Waals surface area (Å²) in [5.41, 5.74) is 13.6. The first-order valence-electron chi connectivity index (χ1n) is 5.62. The zero-order valence-corrected chi connectivity index (χ0v) is 9.85. The van der Waals surface area contributed by atoms with Gasteiger partial charge in [-0.3, -0.25) is 4.79 Å². The van der Waals surface area contributed by atoms with Gasteiger partial charge in [0, 0.05) is 6.54 Å². The van der Waals surface area contributed by atoms with Crippen LogP contribution >= 0.6 is 0 Å². The molecule has 5 nitrogen and oxygen atoms in total. The van der Waals surface area contributed by atoms with E-state index in [2.05, 4.69) is 0 Å². The summed E-state index contributed by atoms with van der Waals surface area (Å²) in [7, 11) is 0. The molecule has 1 aliphatic heterocycles. The number of nitrogens with zero attached hydrogens (tertiary/aromatic N) is 1. The van der Waals surface area contributed by atoms with E-state index in [1.165, 1.54) is 0 Å². The molecule has 1 atom stereocenters. The molecule has 4 N–H and O–H groups in total. The number of hydrogen-bond donors (Lipinski definition) is 2. The fourth-order valence-corrected chi connectivity index (χ4v) is 1.81. The lowest BCUT2D eigenvalue weighted by Crippen LogP contribution is -2.30. The minimum Gasteiger partial charge on any atom is -0.397 e. The molecule has 0 aliphatic carbocycles. The number of benzene rings is 1. The number of hydrogen-bond acceptors (Lipinski definition) is 4. The molecule has 1 amide bonds. The summed E-state index contributed by atoms with van der Waals surface area (Å²) in [6.07, 6.45) is 0.443. The van der Waals surface area contributed by atoms with Crippen molar-refractivity contribution in [3.63, 3.8) is 0 Å². The predicted molar refractivity (Wildman–Crippen MR) is 66.1 cm³/mol. The van der Waals surface area contributed by atoms with Crippen molar-refractivity contribution < 1.29 is 9.53 Å². The lowest BCUT2D eigenvalue weighted by Gasteiger charge is -2.14. The van der Waals surface area contributed by atoms with Crippen LogP contribution in [0.4, 0.5) is 11.4 Å². The fourth-order valence-electron chi connectivity index (χ4n) is 1.81. The van der Waals surface area contributed by atoms with Gasteiger partial charge in [0.25, 0.3) is 5.91 Å². The summed E-state index contributed by atoms with van der Waals surface area (Å²) in [5.74, 6) is 0.0495. The quantitative estimate of drug-likeness (QED) is 0.752. The van der Waals surface area contributed by atoms with E-state index >= 15 is 0 Å². The minimum atomic E-state index is -0.313. The molecule has 17 heavy (non-hydrogen) atoms. The topological polar surface area (TPSA) is 81.6 Å². The van der Waals surface area contributed by atoms with Gasteiger partial charge >= 0.3 is 0 Å². The van der Waals surface area contributed by atoms with Crippen LogP contribution in [-0.4, -0.2) is 30.2 Å². The standard InChI is InChI=1S/C12H17N3O2/c1-8-12(16)15(7-17-8)5-4-9-2-3-10(13)11(14)6-9/h2-3,6,8H,4-5,7,13-14H2,1H3. The number of amides is 1. The second-order valence-corrected chi connectivity index (χ2v) is 4.25. The van der Waals surface area contributed by atoms with Gasteiger partial charge in [0.1, 0.15) is 12.8 Å². The third-order valence-electron chi connectivity index (χ3n) is 2.96. The van der Waals surface area contributed by atoms with Gasteiger partial charge < -0.3 is 21.1 Å². The van der Waals surface area contributed by atoms with Crippen molar-refractivity contribution in [2.75, 3.05) is 24.7 Å². The second-order valence-electron chi connectivity index (χ2n) is 4.25. The molecule has 92 valence electrons. The summed E-state index contributed by atoms with van der Waals surface area (Å²) in [6, 6.07) is 5.56. The van der Waals surface area contributed by atoms with Crippen molar-refractivity contribution in [1.29, 1.82) is 0 Å². The molecule has 1 saturated heterocycles. The highest BCUT2D eigenvalue weighted by atomic mass is 16.5. The Hall–Kier alpha value is -1.75. The molecule has 0 radical (unpaired) electrons. The van der Waals surface area contributed by atoms with E-state index < -0.39 is 0 Å². The molecule has 1 aliphatic rings. The monoisotopic (exact) mass is 235 g/mol. The van der Waals surface area contributed by atoms with Crippen molar-refractivity contribution in [1.82, 2.24) is 4.90 Å². The maximum atomic E-state index is 11.6. The third kappa shape index (κ3) is 2.50. The van der Waals surface area contributed by atoms with E-state index in [-0.39, 0.29) is 12.0 Å². The van der Waals surface area contributed by atoms with Gasteiger partial charge in [0.15, 0.2) is 0 Å². The van der Waals surface area contributed by atoms with Gasteiger partial charge in [-0.1, -0.05) is 6.07 Å². The van der Waals surface area contributed by atoms with Gasteiger partial charge in [-0.05, 0) is 31.0 Å². The maximum absolute atomic E-state index is 11.6. The largest absolute Gasteiger partial charge is 0.397 e. The Balaban J connectivity index is 1.94. The van der Waals surface area contributed by atoms with Gasteiger partial charge in [-0.25, -0.2) is 0 Å². The average Bonchev–Trinajstić information content (AvgIpc) is 2.62. The van der Waals surface area contributed by atoms with Gasteiger partial charge in [0.05, 0.1) is 11.4 Å². The number of anilines is 2. The molecule has 1 heterocycles. The number of nitrogen functional groups attached to an aromatic ring is 2. The summed E-state index contributed by atoms with van der Waals surface area (Å²) in [4.78, 5) is 13.3. The summed E-state index contributed by atoms with van der Waals surface area (Å²) in [5, 5.41) is 0. The molecular weight excluding hydrogens is 218 g/mol. The van der Waals surface area contributed by atoms with Crippen molar-refractivity contribution in [2.45, 2.75) is 19.4 Å². The molecule has 0 aromatic heterocycles. The SMILES string of the molecule is CC1OCN(CCc2ccc(N)c(N)c2)C1=O. The number of ether oxygens (including phenoxy) is 1. The third-order valence-corrected chi connectivity index (χ3v) is 2.96. The minimum absolute atomic E-state index is 0.0495. The lowest BCUT2D eigenvalue weighted by atomic mass is 10.1. The normalized spacial score (nSPS) is 19.9. The highest BCUT2D eigenvalue weighted by Gasteiger charge is 2.28. The molecule has 1 aromatic rings. The first-order valence-corrected chi connectivity index (χ1v) is 5.62. The molecule has 0 bridgehead atoms. The van der Waals surface area contributed by atoms with E-state index in [1.807, 2.05) is 12.1 Å². The molecule has 1 aromatic carbocycles. The number of rotatable bonds is 3. The van der Waals surface area contributed by atoms with Crippen LogP contribution in [0.1, 0.15) is 12.5 Å². The highest BCUT2D eigenvalue weighted by Crippen LogP contribution is 2.17. The first-order chi connectivity index (χ1) is 8.08. The van der Waals surface area contributed by atoms with E-state index in [0.717, 1.165) is 12.0 Å². The summed E-state index contributed by atoms with van der Waals surface area (Å²) < 4.78 is 5.24. The zero-order chi connectivity index (χ0) is 12.4. The zero-order valence-electron chi connectivity index (χ0n) is 9.85. The molecule has 0 saturated carbocycles. The molecule has 0 spiro atoms. The van der Waals surface area contributed by atoms with Crippen LogP contribution in [0.2, 0.25) is 0 Å². The van der Waals surface area contributed by atoms with Crippen LogP contribution in [0.3, 0.4) is 0 Å². The fraction of sp³-hybridized carbons (Fsp3) is 0.417. The first kappa shape index (κ1) is 11.7. The van der Waals surface area contributed by atoms with Crippen molar-refractivity contribution >= 4 is 17.3 Å². The van der Waals surface area contributed by atoms with E-state index in [4.69, 9.17) is 16.2 Å². The molecular formula is C12H17N3O2. The van der Waals surface area contributed by atoms with Crippen LogP contribution in [0.15, 0.2) is 18.2 Å². The Kier molecular flexibility index (Phi) is 3.19. The highest BCUT2D eigenvalue weighted by molar-refractivity contribution is 5.81. The van der Waals surface area contributed by atoms with Crippen molar-refractivity contribution in [3.05, 3.63) is 23.8 Å².